The molecule has 2 nitrogen and oxygen atoms in total. The van der Waals surface area contributed by atoms with E-state index in [0.717, 1.165) is 17.4 Å². The third-order valence-corrected chi connectivity index (χ3v) is 4.54. The molecule has 1 heterocycles. The van der Waals surface area contributed by atoms with E-state index in [0.29, 0.717) is 0 Å². The van der Waals surface area contributed by atoms with Crippen LogP contribution < -0.4 is 11.1 Å². The molecule has 22 heavy (non-hydrogen) atoms. The highest BCUT2D eigenvalue weighted by molar-refractivity contribution is 7.80. The maximum absolute atomic E-state index is 5.43. The lowest BCUT2D eigenvalue weighted by atomic mass is 9.93. The van der Waals surface area contributed by atoms with Crippen molar-refractivity contribution >= 4 is 23.4 Å². The second-order valence-electron chi connectivity index (χ2n) is 6.01. The highest BCUT2D eigenvalue weighted by atomic mass is 32.1. The number of nitrogens with one attached hydrogen (secondary N) is 1. The smallest absolute Gasteiger partial charge is 0.00463 e. The lowest BCUT2D eigenvalue weighted by Gasteiger charge is -2.22. The summed E-state index contributed by atoms with van der Waals surface area (Å²) in [4.78, 5) is 1.02. The highest BCUT2D eigenvalue weighted by Crippen LogP contribution is 2.18. The van der Waals surface area contributed by atoms with Crippen LogP contribution in [0.5, 0.6) is 0 Å². The standard InChI is InChI=1S/C10H8S.C9H20N2/c11-10-6-5-8-3-1-2-4-9(8)7-10;10-6-2-1-3-9-4-7-11-8-5-9/h1-7,11H;9,11H,1-8,10H2. The van der Waals surface area contributed by atoms with Crippen molar-refractivity contribution in [1.29, 1.82) is 0 Å². The van der Waals surface area contributed by atoms with E-state index < -0.39 is 0 Å². The summed E-state index contributed by atoms with van der Waals surface area (Å²) in [5.41, 5.74) is 5.43. The van der Waals surface area contributed by atoms with Crippen molar-refractivity contribution in [3.8, 4) is 0 Å². The maximum atomic E-state index is 5.43. The van der Waals surface area contributed by atoms with Crippen molar-refractivity contribution in [1.82, 2.24) is 5.32 Å². The van der Waals surface area contributed by atoms with Gasteiger partial charge in [0.15, 0.2) is 0 Å². The van der Waals surface area contributed by atoms with E-state index in [4.69, 9.17) is 5.73 Å². The van der Waals surface area contributed by atoms with Gasteiger partial charge in [-0.3, -0.25) is 0 Å². The molecule has 1 aliphatic rings. The number of nitrogens with two attached hydrogens (primary N) is 1. The van der Waals surface area contributed by atoms with E-state index in [1.807, 2.05) is 18.2 Å². The zero-order chi connectivity index (χ0) is 15.6. The third kappa shape index (κ3) is 5.99. The fourth-order valence-corrected chi connectivity index (χ4v) is 3.14. The Hall–Kier alpha value is -1.03. The molecule has 2 aromatic carbocycles. The first-order valence-corrected chi connectivity index (χ1v) is 8.83. The van der Waals surface area contributed by atoms with Crippen LogP contribution in [0.25, 0.3) is 10.8 Å². The molecule has 1 saturated heterocycles. The minimum absolute atomic E-state index is 0.866. The van der Waals surface area contributed by atoms with Crippen molar-refractivity contribution in [2.24, 2.45) is 11.7 Å². The van der Waals surface area contributed by atoms with Crippen LogP contribution in [-0.4, -0.2) is 19.6 Å². The molecule has 3 heteroatoms. The Kier molecular flexibility index (Phi) is 7.78. The molecule has 0 aromatic heterocycles. The van der Waals surface area contributed by atoms with Gasteiger partial charge in [0.2, 0.25) is 0 Å². The van der Waals surface area contributed by atoms with Crippen LogP contribution in [0.1, 0.15) is 32.1 Å². The number of hydrogen-bond donors (Lipinski definition) is 3. The number of piperidine rings is 1. The number of benzene rings is 2. The zero-order valence-electron chi connectivity index (χ0n) is 13.3. The van der Waals surface area contributed by atoms with Gasteiger partial charge in [0, 0.05) is 4.90 Å². The van der Waals surface area contributed by atoms with Gasteiger partial charge >= 0.3 is 0 Å². The summed E-state index contributed by atoms with van der Waals surface area (Å²) in [5.74, 6) is 0.989. The molecule has 0 spiro atoms. The number of hydrogen-bond acceptors (Lipinski definition) is 3. The molecule has 0 atom stereocenters. The van der Waals surface area contributed by atoms with Gasteiger partial charge in [0.05, 0.1) is 0 Å². The lowest BCUT2D eigenvalue weighted by Crippen LogP contribution is -2.27. The summed E-state index contributed by atoms with van der Waals surface area (Å²) in [7, 11) is 0. The summed E-state index contributed by atoms with van der Waals surface area (Å²) >= 11 is 4.26. The minimum atomic E-state index is 0.866. The summed E-state index contributed by atoms with van der Waals surface area (Å²) in [6.45, 7) is 3.32. The van der Waals surface area contributed by atoms with Crippen molar-refractivity contribution in [2.45, 2.75) is 37.0 Å². The quantitative estimate of drug-likeness (QED) is 0.583. The van der Waals surface area contributed by atoms with E-state index in [9.17, 15) is 0 Å². The molecule has 1 fully saturated rings. The van der Waals surface area contributed by atoms with Crippen LogP contribution in [0.4, 0.5) is 0 Å². The second kappa shape index (κ2) is 9.88. The largest absolute Gasteiger partial charge is 0.330 e. The Morgan fingerprint density at radius 2 is 1.73 bits per heavy atom. The molecular weight excluding hydrogens is 288 g/mol. The SMILES string of the molecule is NCCCCC1CCNCC1.Sc1ccc2ccccc2c1. The van der Waals surface area contributed by atoms with Gasteiger partial charge in [-0.25, -0.2) is 0 Å². The number of thiol groups is 1. The van der Waals surface area contributed by atoms with Crippen molar-refractivity contribution < 1.29 is 0 Å². The van der Waals surface area contributed by atoms with Crippen molar-refractivity contribution in [3.63, 3.8) is 0 Å². The first kappa shape index (κ1) is 17.3. The first-order valence-electron chi connectivity index (χ1n) is 8.38. The fourth-order valence-electron chi connectivity index (χ4n) is 2.92. The Bertz CT molecular complexity index is 550. The average Bonchev–Trinajstić information content (AvgIpc) is 2.57. The first-order chi connectivity index (χ1) is 10.8. The van der Waals surface area contributed by atoms with Gasteiger partial charge in [0.25, 0.3) is 0 Å². The minimum Gasteiger partial charge on any atom is -0.330 e. The molecule has 0 saturated carbocycles. The molecule has 3 N–H and O–H groups in total. The normalized spacial score (nSPS) is 15.4. The molecule has 120 valence electrons. The molecule has 0 amide bonds. The summed E-state index contributed by atoms with van der Waals surface area (Å²) < 4.78 is 0. The van der Waals surface area contributed by atoms with Crippen LogP contribution in [0.15, 0.2) is 47.4 Å². The van der Waals surface area contributed by atoms with Crippen LogP contribution >= 0.6 is 12.6 Å². The van der Waals surface area contributed by atoms with E-state index in [1.54, 1.807) is 0 Å². The maximum Gasteiger partial charge on any atom is 0.00463 e. The monoisotopic (exact) mass is 316 g/mol. The Balaban J connectivity index is 0.000000160. The molecule has 0 aliphatic carbocycles. The fraction of sp³-hybridized carbons (Fsp3) is 0.474. The molecule has 1 aliphatic heterocycles. The summed E-state index contributed by atoms with van der Waals surface area (Å²) in [6, 6.07) is 14.4. The number of unbranched alkanes of at least 4 members (excludes halogenated alkanes) is 1. The predicted molar refractivity (Wildman–Crippen MR) is 99.7 cm³/mol. The van der Waals surface area contributed by atoms with Crippen LogP contribution in [0.3, 0.4) is 0 Å². The molecule has 3 rings (SSSR count). The van der Waals surface area contributed by atoms with E-state index in [1.165, 1.54) is 56.0 Å². The summed E-state index contributed by atoms with van der Waals surface area (Å²) in [6.07, 6.45) is 6.71. The molecule has 0 radical (unpaired) electrons. The summed E-state index contributed by atoms with van der Waals surface area (Å²) in [5, 5.41) is 5.90. The molecule has 0 unspecified atom stereocenters. The van der Waals surface area contributed by atoms with Gasteiger partial charge in [-0.2, -0.15) is 0 Å². The average molecular weight is 317 g/mol. The third-order valence-electron chi connectivity index (χ3n) is 4.26. The number of rotatable bonds is 4. The highest BCUT2D eigenvalue weighted by Gasteiger charge is 2.11. The van der Waals surface area contributed by atoms with Crippen LogP contribution in [-0.2, 0) is 0 Å². The van der Waals surface area contributed by atoms with Crippen LogP contribution in [0, 0.1) is 5.92 Å². The molecular formula is C19H28N2S. The van der Waals surface area contributed by atoms with Gasteiger partial charge in [0.1, 0.15) is 0 Å². The Morgan fingerprint density at radius 1 is 1.00 bits per heavy atom. The Morgan fingerprint density at radius 3 is 2.45 bits per heavy atom. The Labute approximate surface area is 139 Å². The topological polar surface area (TPSA) is 38.0 Å². The predicted octanol–water partition coefficient (Wildman–Crippen LogP) is 4.24. The van der Waals surface area contributed by atoms with Gasteiger partial charge < -0.3 is 11.1 Å². The van der Waals surface area contributed by atoms with Crippen LogP contribution in [0.2, 0.25) is 0 Å². The number of fused-ring (bicyclic) bond motifs is 1. The van der Waals surface area contributed by atoms with E-state index in [-0.39, 0.29) is 0 Å². The van der Waals surface area contributed by atoms with E-state index in [2.05, 4.69) is 42.2 Å². The van der Waals surface area contributed by atoms with Crippen molar-refractivity contribution in [2.75, 3.05) is 19.6 Å². The molecule has 2 aromatic rings. The van der Waals surface area contributed by atoms with E-state index >= 15 is 0 Å². The van der Waals surface area contributed by atoms with Crippen molar-refractivity contribution in [3.05, 3.63) is 42.5 Å². The second-order valence-corrected chi connectivity index (χ2v) is 6.53. The lowest BCUT2D eigenvalue weighted by molar-refractivity contribution is 0.345. The van der Waals surface area contributed by atoms with Gasteiger partial charge in [-0.05, 0) is 67.7 Å². The van der Waals surface area contributed by atoms with Gasteiger partial charge in [-0.1, -0.05) is 43.2 Å². The zero-order valence-corrected chi connectivity index (χ0v) is 14.2. The molecule has 0 bridgehead atoms. The van der Waals surface area contributed by atoms with Gasteiger partial charge in [-0.15, -0.1) is 12.6 Å².